The number of aromatic nitrogens is 5. The summed E-state index contributed by atoms with van der Waals surface area (Å²) in [7, 11) is 1.97. The normalized spacial score (nSPS) is 10.9. The van der Waals surface area contributed by atoms with Crippen LogP contribution in [0.5, 0.6) is 0 Å². The summed E-state index contributed by atoms with van der Waals surface area (Å²) in [6.45, 7) is -0.0851. The maximum absolute atomic E-state index is 13.6. The molecule has 3 aromatic heterocycles. The number of carbonyl (C=O) groups excluding carboxylic acids is 1. The van der Waals surface area contributed by atoms with Crippen LogP contribution in [0.15, 0.2) is 90.2 Å². The molecule has 0 saturated carbocycles. The second-order valence-corrected chi connectivity index (χ2v) is 9.56. The maximum atomic E-state index is 13.6. The van der Waals surface area contributed by atoms with Gasteiger partial charge < -0.3 is 9.88 Å². The molecule has 1 amide bonds. The first-order valence-electron chi connectivity index (χ1n) is 12.9. The van der Waals surface area contributed by atoms with Gasteiger partial charge in [0.05, 0.1) is 36.6 Å². The number of pyridine rings is 1. The molecule has 0 fully saturated rings. The lowest BCUT2D eigenvalue weighted by Gasteiger charge is -2.08. The summed E-state index contributed by atoms with van der Waals surface area (Å²) in [5.41, 5.74) is 3.79. The van der Waals surface area contributed by atoms with Gasteiger partial charge in [-0.25, -0.2) is 18.7 Å². The van der Waals surface area contributed by atoms with E-state index >= 15 is 0 Å². The van der Waals surface area contributed by atoms with Gasteiger partial charge in [0, 0.05) is 29.8 Å². The zero-order chi connectivity index (χ0) is 29.2. The summed E-state index contributed by atoms with van der Waals surface area (Å²) in [6.07, 6.45) is 4.15. The van der Waals surface area contributed by atoms with E-state index in [2.05, 4.69) is 27.1 Å². The van der Waals surface area contributed by atoms with Crippen LogP contribution in [0.2, 0.25) is 0 Å². The molecule has 1 N–H and O–H groups in total. The molecular formula is C32H22F2N6O2. The molecule has 0 aliphatic carbocycles. The first-order valence-corrected chi connectivity index (χ1v) is 12.9. The Kier molecular flexibility index (Phi) is 6.98. The Labute approximate surface area is 238 Å². The van der Waals surface area contributed by atoms with Crippen molar-refractivity contribution in [3.63, 3.8) is 0 Å². The number of nitrogens with one attached hydrogen (secondary N) is 1. The SMILES string of the molecule is Cn1c(-c2ccccc2)nc2cnc3ccc(C#CCNC(=O)c4cncn(Cc5ccc(F)c(F)c5)c4=O)cc3c21. The number of aryl methyl sites for hydroxylation is 1. The number of amides is 1. The summed E-state index contributed by atoms with van der Waals surface area (Å²) in [6, 6.07) is 18.9. The molecular weight excluding hydrogens is 538 g/mol. The van der Waals surface area contributed by atoms with E-state index in [-0.39, 0.29) is 18.7 Å². The molecule has 0 saturated heterocycles. The second-order valence-electron chi connectivity index (χ2n) is 9.56. The Morgan fingerprint density at radius 1 is 0.976 bits per heavy atom. The quantitative estimate of drug-likeness (QED) is 0.315. The van der Waals surface area contributed by atoms with Gasteiger partial charge in [-0.15, -0.1) is 0 Å². The monoisotopic (exact) mass is 560 g/mol. The Hall–Kier alpha value is -5.69. The maximum Gasteiger partial charge on any atom is 0.266 e. The lowest BCUT2D eigenvalue weighted by Crippen LogP contribution is -2.33. The van der Waals surface area contributed by atoms with Crippen LogP contribution in [0.3, 0.4) is 0 Å². The minimum absolute atomic E-state index is 0.0132. The van der Waals surface area contributed by atoms with Gasteiger partial charge in [-0.05, 0) is 35.9 Å². The summed E-state index contributed by atoms with van der Waals surface area (Å²) < 4.78 is 30.0. The molecule has 10 heteroatoms. The lowest BCUT2D eigenvalue weighted by atomic mass is 10.1. The number of imidazole rings is 1. The second kappa shape index (κ2) is 11.1. The van der Waals surface area contributed by atoms with Crippen LogP contribution >= 0.6 is 0 Å². The fourth-order valence-corrected chi connectivity index (χ4v) is 4.74. The smallest absolute Gasteiger partial charge is 0.266 e. The van der Waals surface area contributed by atoms with Crippen LogP contribution < -0.4 is 10.9 Å². The van der Waals surface area contributed by atoms with Gasteiger partial charge in [-0.1, -0.05) is 48.2 Å². The van der Waals surface area contributed by atoms with Gasteiger partial charge in [-0.3, -0.25) is 19.1 Å². The largest absolute Gasteiger partial charge is 0.341 e. The molecule has 0 aliphatic rings. The van der Waals surface area contributed by atoms with E-state index in [1.807, 2.05) is 60.1 Å². The molecule has 8 nitrogen and oxygen atoms in total. The lowest BCUT2D eigenvalue weighted by molar-refractivity contribution is 0.0956. The van der Waals surface area contributed by atoms with E-state index in [4.69, 9.17) is 4.98 Å². The fraction of sp³-hybridized carbons (Fsp3) is 0.0938. The summed E-state index contributed by atoms with van der Waals surface area (Å²) >= 11 is 0. The van der Waals surface area contributed by atoms with Crippen molar-refractivity contribution < 1.29 is 13.6 Å². The highest BCUT2D eigenvalue weighted by Gasteiger charge is 2.15. The van der Waals surface area contributed by atoms with Crippen LogP contribution in [0.25, 0.3) is 33.3 Å². The van der Waals surface area contributed by atoms with E-state index < -0.39 is 23.1 Å². The molecule has 0 bridgehead atoms. The molecule has 0 radical (unpaired) electrons. The molecule has 206 valence electrons. The van der Waals surface area contributed by atoms with Gasteiger partial charge in [0.2, 0.25) is 0 Å². The van der Waals surface area contributed by atoms with E-state index in [0.717, 1.165) is 61.8 Å². The van der Waals surface area contributed by atoms with E-state index in [9.17, 15) is 18.4 Å². The first-order chi connectivity index (χ1) is 20.4. The van der Waals surface area contributed by atoms with Gasteiger partial charge in [0.25, 0.3) is 11.5 Å². The first kappa shape index (κ1) is 26.5. The van der Waals surface area contributed by atoms with Crippen molar-refractivity contribution in [2.75, 3.05) is 6.54 Å². The predicted octanol–water partition coefficient (Wildman–Crippen LogP) is 4.45. The highest BCUT2D eigenvalue weighted by atomic mass is 19.2. The molecule has 0 aliphatic heterocycles. The minimum Gasteiger partial charge on any atom is -0.341 e. The minimum atomic E-state index is -1.02. The molecule has 42 heavy (non-hydrogen) atoms. The average Bonchev–Trinajstić information content (AvgIpc) is 3.35. The highest BCUT2D eigenvalue weighted by molar-refractivity contribution is 6.03. The zero-order valence-corrected chi connectivity index (χ0v) is 22.3. The summed E-state index contributed by atoms with van der Waals surface area (Å²) in [4.78, 5) is 38.8. The third-order valence-corrected chi connectivity index (χ3v) is 6.78. The summed E-state index contributed by atoms with van der Waals surface area (Å²) in [5.74, 6) is 4.14. The number of hydrogen-bond donors (Lipinski definition) is 1. The molecule has 3 aromatic carbocycles. The van der Waals surface area contributed by atoms with E-state index in [1.54, 1.807) is 6.20 Å². The van der Waals surface area contributed by atoms with E-state index in [1.165, 1.54) is 12.4 Å². The van der Waals surface area contributed by atoms with Crippen LogP contribution in [0.1, 0.15) is 21.5 Å². The zero-order valence-electron chi connectivity index (χ0n) is 22.3. The molecule has 0 atom stereocenters. The number of carbonyl (C=O) groups is 1. The van der Waals surface area contributed by atoms with E-state index in [0.29, 0.717) is 5.56 Å². The van der Waals surface area contributed by atoms with Crippen LogP contribution in [-0.2, 0) is 13.6 Å². The van der Waals surface area contributed by atoms with Crippen molar-refractivity contribution in [2.24, 2.45) is 7.05 Å². The Morgan fingerprint density at radius 2 is 1.81 bits per heavy atom. The molecule has 3 heterocycles. The van der Waals surface area contributed by atoms with Gasteiger partial charge in [0.15, 0.2) is 11.6 Å². The third-order valence-electron chi connectivity index (χ3n) is 6.78. The topological polar surface area (TPSA) is 94.7 Å². The van der Waals surface area contributed by atoms with Crippen molar-refractivity contribution in [2.45, 2.75) is 6.54 Å². The van der Waals surface area contributed by atoms with Gasteiger partial charge >= 0.3 is 0 Å². The van der Waals surface area contributed by atoms with Crippen LogP contribution in [0, 0.1) is 23.5 Å². The standard InChI is InChI=1S/C32H22F2N6O2/c1-39-29-23-14-20(10-12-27(23)37-17-28(29)38-30(39)22-7-3-2-4-8-22)6-5-13-36-31(41)24-16-35-19-40(32(24)42)18-21-9-11-25(33)26(34)15-21/h2-4,7-12,14-17,19H,13,18H2,1H3,(H,36,41). The van der Waals surface area contributed by atoms with Crippen LogP contribution in [-0.4, -0.2) is 36.5 Å². The van der Waals surface area contributed by atoms with Crippen molar-refractivity contribution in [3.05, 3.63) is 124 Å². The number of benzene rings is 3. The predicted molar refractivity (Wildman–Crippen MR) is 155 cm³/mol. The molecule has 6 rings (SSSR count). The third kappa shape index (κ3) is 5.11. The van der Waals surface area contributed by atoms with Gasteiger partial charge in [0.1, 0.15) is 16.9 Å². The molecule has 0 spiro atoms. The fourth-order valence-electron chi connectivity index (χ4n) is 4.74. The van der Waals surface area contributed by atoms with Crippen molar-refractivity contribution in [1.29, 1.82) is 0 Å². The number of halogens is 2. The number of rotatable bonds is 5. The average molecular weight is 561 g/mol. The Balaban J connectivity index is 1.19. The van der Waals surface area contributed by atoms with Crippen molar-refractivity contribution in [3.8, 4) is 23.2 Å². The number of fused-ring (bicyclic) bond motifs is 3. The number of hydrogen-bond acceptors (Lipinski definition) is 5. The Morgan fingerprint density at radius 3 is 2.62 bits per heavy atom. The highest BCUT2D eigenvalue weighted by Crippen LogP contribution is 2.28. The van der Waals surface area contributed by atoms with Crippen LogP contribution in [0.4, 0.5) is 8.78 Å². The van der Waals surface area contributed by atoms with Crippen molar-refractivity contribution >= 4 is 27.8 Å². The molecule has 0 unspecified atom stereocenters. The number of nitrogens with zero attached hydrogens (tertiary/aromatic N) is 5. The van der Waals surface area contributed by atoms with Gasteiger partial charge in [-0.2, -0.15) is 0 Å². The van der Waals surface area contributed by atoms with Crippen molar-refractivity contribution in [1.82, 2.24) is 29.4 Å². The molecule has 6 aromatic rings. The summed E-state index contributed by atoms with van der Waals surface area (Å²) in [5, 5.41) is 3.51. The Bertz CT molecular complexity index is 2110.